The fourth-order valence-corrected chi connectivity index (χ4v) is 3.49. The minimum Gasteiger partial charge on any atom is -0.380 e. The van der Waals surface area contributed by atoms with Crippen LogP contribution < -0.4 is 10.6 Å². The highest BCUT2D eigenvalue weighted by atomic mass is 127. The molecule has 2 N–H and O–H groups in total. The molecular formula is C22H39IN4O. The normalized spacial score (nSPS) is 20.5. The van der Waals surface area contributed by atoms with Crippen LogP contribution in [0, 0.1) is 0 Å². The summed E-state index contributed by atoms with van der Waals surface area (Å²) in [4.78, 5) is 7.26. The third-order valence-electron chi connectivity index (χ3n) is 5.08. The van der Waals surface area contributed by atoms with Gasteiger partial charge in [0.15, 0.2) is 5.96 Å². The number of likely N-dealkylation sites (tertiary alicyclic amines) is 1. The van der Waals surface area contributed by atoms with E-state index in [0.717, 1.165) is 51.5 Å². The highest BCUT2D eigenvalue weighted by Gasteiger charge is 2.25. The van der Waals surface area contributed by atoms with Gasteiger partial charge in [0.1, 0.15) is 0 Å². The zero-order chi connectivity index (χ0) is 19.3. The molecule has 2 atom stereocenters. The first-order chi connectivity index (χ1) is 13.2. The molecular weight excluding hydrogens is 463 g/mol. The molecule has 0 spiro atoms. The van der Waals surface area contributed by atoms with Gasteiger partial charge in [0.05, 0.1) is 13.2 Å². The van der Waals surface area contributed by atoms with E-state index in [1.807, 2.05) is 0 Å². The van der Waals surface area contributed by atoms with E-state index in [1.54, 1.807) is 0 Å². The fraction of sp³-hybridized carbons (Fsp3) is 0.682. The average molecular weight is 502 g/mol. The molecule has 0 bridgehead atoms. The van der Waals surface area contributed by atoms with Crippen LogP contribution in [-0.2, 0) is 11.3 Å². The summed E-state index contributed by atoms with van der Waals surface area (Å²) in [6.07, 6.45) is 4.59. The third-order valence-corrected chi connectivity index (χ3v) is 5.08. The summed E-state index contributed by atoms with van der Waals surface area (Å²) >= 11 is 0. The number of ether oxygens (including phenoxy) is 1. The van der Waals surface area contributed by atoms with Crippen molar-refractivity contribution in [3.05, 3.63) is 35.9 Å². The van der Waals surface area contributed by atoms with Crippen LogP contribution in [0.1, 0.15) is 52.0 Å². The Labute approximate surface area is 188 Å². The second-order valence-electron chi connectivity index (χ2n) is 7.40. The molecule has 0 aromatic heterocycles. The summed E-state index contributed by atoms with van der Waals surface area (Å²) in [6, 6.07) is 11.8. The Morgan fingerprint density at radius 3 is 2.68 bits per heavy atom. The molecule has 0 amide bonds. The van der Waals surface area contributed by atoms with Crippen LogP contribution in [0.2, 0.25) is 0 Å². The van der Waals surface area contributed by atoms with Crippen molar-refractivity contribution in [1.29, 1.82) is 0 Å². The molecule has 1 aliphatic rings. The number of nitrogens with one attached hydrogen (secondary N) is 2. The first-order valence-electron chi connectivity index (χ1n) is 10.6. The molecule has 28 heavy (non-hydrogen) atoms. The Hall–Kier alpha value is -0.860. The Bertz CT molecular complexity index is 541. The standard InChI is InChI=1S/C22H38N4O.HI/c1-4-6-15-27-16-13-24-22(23-5-2)25-21-12-14-26(19(3)17-21)18-20-10-8-7-9-11-20;/h7-11,19,21H,4-6,12-18H2,1-3H3,(H2,23,24,25);1H. The summed E-state index contributed by atoms with van der Waals surface area (Å²) in [5.74, 6) is 0.922. The predicted octanol–water partition coefficient (Wildman–Crippen LogP) is 4.03. The van der Waals surface area contributed by atoms with E-state index in [4.69, 9.17) is 4.74 Å². The van der Waals surface area contributed by atoms with Crippen molar-refractivity contribution < 1.29 is 4.74 Å². The second kappa shape index (κ2) is 15.0. The van der Waals surface area contributed by atoms with Crippen molar-refractivity contribution in [2.45, 2.75) is 65.1 Å². The Balaban J connectivity index is 0.00000392. The predicted molar refractivity (Wildman–Crippen MR) is 130 cm³/mol. The number of hydrogen-bond donors (Lipinski definition) is 2. The van der Waals surface area contributed by atoms with Crippen LogP contribution in [0.4, 0.5) is 0 Å². The summed E-state index contributed by atoms with van der Waals surface area (Å²) in [7, 11) is 0. The van der Waals surface area contributed by atoms with E-state index in [2.05, 4.69) is 71.6 Å². The second-order valence-corrected chi connectivity index (χ2v) is 7.40. The van der Waals surface area contributed by atoms with E-state index >= 15 is 0 Å². The number of unbranched alkanes of at least 4 members (excludes halogenated alkanes) is 1. The zero-order valence-corrected chi connectivity index (χ0v) is 20.2. The quantitative estimate of drug-likeness (QED) is 0.220. The molecule has 2 unspecified atom stereocenters. The SMILES string of the molecule is CCCCOCCN=C(NCC)NC1CCN(Cc2ccccc2)C(C)C1.I. The minimum atomic E-state index is 0. The van der Waals surface area contributed by atoms with Crippen molar-refractivity contribution in [1.82, 2.24) is 15.5 Å². The van der Waals surface area contributed by atoms with Crippen molar-refractivity contribution in [2.75, 3.05) is 32.8 Å². The van der Waals surface area contributed by atoms with Gasteiger partial charge in [-0.25, -0.2) is 0 Å². The fourth-order valence-electron chi connectivity index (χ4n) is 3.49. The van der Waals surface area contributed by atoms with Crippen molar-refractivity contribution in [2.24, 2.45) is 4.99 Å². The lowest BCUT2D eigenvalue weighted by Gasteiger charge is -2.38. The molecule has 1 saturated heterocycles. The Kier molecular flexibility index (Phi) is 13.5. The van der Waals surface area contributed by atoms with Gasteiger partial charge in [0.25, 0.3) is 0 Å². The summed E-state index contributed by atoms with van der Waals surface area (Å²) in [6.45, 7) is 11.9. The van der Waals surface area contributed by atoms with Gasteiger partial charge in [0, 0.05) is 38.3 Å². The lowest BCUT2D eigenvalue weighted by Crippen LogP contribution is -2.51. The number of benzene rings is 1. The molecule has 160 valence electrons. The lowest BCUT2D eigenvalue weighted by molar-refractivity contribution is 0.133. The van der Waals surface area contributed by atoms with E-state index in [1.165, 1.54) is 12.0 Å². The van der Waals surface area contributed by atoms with Gasteiger partial charge in [-0.1, -0.05) is 43.7 Å². The van der Waals surface area contributed by atoms with Gasteiger partial charge in [-0.05, 0) is 38.7 Å². The first kappa shape index (κ1) is 25.2. The maximum atomic E-state index is 5.61. The van der Waals surface area contributed by atoms with Gasteiger partial charge in [-0.2, -0.15) is 0 Å². The molecule has 5 nitrogen and oxygen atoms in total. The molecule has 0 saturated carbocycles. The highest BCUT2D eigenvalue weighted by Crippen LogP contribution is 2.19. The molecule has 0 radical (unpaired) electrons. The van der Waals surface area contributed by atoms with Crippen LogP contribution in [0.15, 0.2) is 35.3 Å². The monoisotopic (exact) mass is 502 g/mol. The van der Waals surface area contributed by atoms with E-state index in [0.29, 0.717) is 25.2 Å². The average Bonchev–Trinajstić information content (AvgIpc) is 2.67. The molecule has 1 heterocycles. The molecule has 1 aromatic carbocycles. The number of piperidine rings is 1. The third kappa shape index (κ3) is 9.56. The number of aliphatic imine (C=N–C) groups is 1. The molecule has 2 rings (SSSR count). The van der Waals surface area contributed by atoms with Crippen LogP contribution in [0.3, 0.4) is 0 Å². The summed E-state index contributed by atoms with van der Waals surface area (Å²) in [5.41, 5.74) is 1.40. The number of halogens is 1. The van der Waals surface area contributed by atoms with Crippen molar-refractivity contribution >= 4 is 29.9 Å². The molecule has 1 aromatic rings. The molecule has 0 aliphatic carbocycles. The van der Waals surface area contributed by atoms with Gasteiger partial charge in [-0.15, -0.1) is 24.0 Å². The maximum Gasteiger partial charge on any atom is 0.191 e. The number of hydrogen-bond acceptors (Lipinski definition) is 3. The Morgan fingerprint density at radius 1 is 1.21 bits per heavy atom. The minimum absolute atomic E-state index is 0. The van der Waals surface area contributed by atoms with Gasteiger partial charge < -0.3 is 15.4 Å². The van der Waals surface area contributed by atoms with E-state index in [9.17, 15) is 0 Å². The summed E-state index contributed by atoms with van der Waals surface area (Å²) < 4.78 is 5.61. The highest BCUT2D eigenvalue weighted by molar-refractivity contribution is 14.0. The molecule has 1 aliphatic heterocycles. The zero-order valence-electron chi connectivity index (χ0n) is 17.8. The maximum absolute atomic E-state index is 5.61. The number of rotatable bonds is 10. The van der Waals surface area contributed by atoms with Gasteiger partial charge >= 0.3 is 0 Å². The smallest absolute Gasteiger partial charge is 0.191 e. The van der Waals surface area contributed by atoms with Crippen LogP contribution >= 0.6 is 24.0 Å². The lowest BCUT2D eigenvalue weighted by atomic mass is 9.97. The topological polar surface area (TPSA) is 48.9 Å². The van der Waals surface area contributed by atoms with E-state index < -0.39 is 0 Å². The van der Waals surface area contributed by atoms with Crippen LogP contribution in [0.25, 0.3) is 0 Å². The molecule has 1 fully saturated rings. The van der Waals surface area contributed by atoms with Crippen LogP contribution in [-0.4, -0.2) is 55.8 Å². The number of nitrogens with zero attached hydrogens (tertiary/aromatic N) is 2. The van der Waals surface area contributed by atoms with Gasteiger partial charge in [0.2, 0.25) is 0 Å². The van der Waals surface area contributed by atoms with Gasteiger partial charge in [-0.3, -0.25) is 9.89 Å². The Morgan fingerprint density at radius 2 is 2.00 bits per heavy atom. The largest absolute Gasteiger partial charge is 0.380 e. The van der Waals surface area contributed by atoms with E-state index in [-0.39, 0.29) is 24.0 Å². The van der Waals surface area contributed by atoms with Crippen molar-refractivity contribution in [3.8, 4) is 0 Å². The van der Waals surface area contributed by atoms with Crippen LogP contribution in [0.5, 0.6) is 0 Å². The van der Waals surface area contributed by atoms with Crippen molar-refractivity contribution in [3.63, 3.8) is 0 Å². The summed E-state index contributed by atoms with van der Waals surface area (Å²) in [5, 5.41) is 7.00. The first-order valence-corrected chi connectivity index (χ1v) is 10.6. The molecule has 6 heteroatoms. The number of guanidine groups is 1.